The number of hydrogen-bond acceptors (Lipinski definition) is 4. The molecule has 1 aliphatic carbocycles. The van der Waals surface area contributed by atoms with Gasteiger partial charge in [0.2, 0.25) is 0 Å². The molecule has 0 saturated heterocycles. The highest BCUT2D eigenvalue weighted by atomic mass is 32.2. The van der Waals surface area contributed by atoms with Crippen molar-refractivity contribution in [2.75, 3.05) is 21.2 Å². The van der Waals surface area contributed by atoms with E-state index in [0.29, 0.717) is 11.5 Å². The van der Waals surface area contributed by atoms with E-state index in [0.717, 1.165) is 17.3 Å². The molecule has 6 nitrogen and oxygen atoms in total. The lowest BCUT2D eigenvalue weighted by Gasteiger charge is -2.25. The molecule has 0 bridgehead atoms. The van der Waals surface area contributed by atoms with E-state index in [1.54, 1.807) is 24.1 Å². The molecule has 7 heteroatoms. The third-order valence-corrected chi connectivity index (χ3v) is 5.89. The van der Waals surface area contributed by atoms with E-state index in [9.17, 15) is 13.2 Å². The molecule has 1 atom stereocenters. The van der Waals surface area contributed by atoms with Gasteiger partial charge in [-0.1, -0.05) is 10.5 Å². The summed E-state index contributed by atoms with van der Waals surface area (Å²) in [6.07, 6.45) is 2.29. The zero-order valence-corrected chi connectivity index (χ0v) is 14.1. The summed E-state index contributed by atoms with van der Waals surface area (Å²) in [4.78, 5) is 19.0. The smallest absolute Gasteiger partial charge is 0.264 e. The van der Waals surface area contributed by atoms with Gasteiger partial charge in [-0.3, -0.25) is 9.63 Å². The zero-order valence-electron chi connectivity index (χ0n) is 13.3. The summed E-state index contributed by atoms with van der Waals surface area (Å²) in [7, 11) is 0.589. The Hall–Kier alpha value is -1.44. The lowest BCUT2D eigenvalue weighted by Crippen LogP contribution is -2.36. The maximum Gasteiger partial charge on any atom is 0.264 e. The minimum atomic E-state index is -3.75. The quantitative estimate of drug-likeness (QED) is 0.747. The van der Waals surface area contributed by atoms with Crippen molar-refractivity contribution in [3.63, 3.8) is 0 Å². The number of carbonyl (C=O) groups is 1. The average Bonchev–Trinajstić information content (AvgIpc) is 3.36. The summed E-state index contributed by atoms with van der Waals surface area (Å²) in [6, 6.07) is 6.20. The normalized spacial score (nSPS) is 16.6. The van der Waals surface area contributed by atoms with Crippen LogP contribution in [0.4, 0.5) is 0 Å². The van der Waals surface area contributed by atoms with Gasteiger partial charge >= 0.3 is 0 Å². The summed E-state index contributed by atoms with van der Waals surface area (Å²) in [5.41, 5.74) is 0.362. The number of amides is 1. The molecule has 1 aromatic rings. The van der Waals surface area contributed by atoms with Crippen LogP contribution in [-0.2, 0) is 14.9 Å². The van der Waals surface area contributed by atoms with Crippen LogP contribution in [0.25, 0.3) is 0 Å². The molecule has 0 aromatic heterocycles. The largest absolute Gasteiger partial charge is 0.339 e. The molecule has 1 aromatic carbocycles. The van der Waals surface area contributed by atoms with E-state index in [1.807, 2.05) is 6.92 Å². The molecule has 1 unspecified atom stereocenters. The molecule has 1 aliphatic rings. The standard InChI is InChI=1S/C15H22N2O4S/c1-11(12-8-9-12)16(2)15(18)13-6-5-7-14(10-13)22(19,20)17(3)21-4/h5-7,10-12H,8-9H2,1-4H3. The van der Waals surface area contributed by atoms with Gasteiger partial charge in [0.25, 0.3) is 15.9 Å². The van der Waals surface area contributed by atoms with Gasteiger partial charge in [0.05, 0.1) is 12.0 Å². The van der Waals surface area contributed by atoms with Crippen molar-refractivity contribution in [1.29, 1.82) is 0 Å². The van der Waals surface area contributed by atoms with Crippen LogP contribution in [0.15, 0.2) is 29.2 Å². The second kappa shape index (κ2) is 6.36. The summed E-state index contributed by atoms with van der Waals surface area (Å²) in [5, 5.41) is 0. The van der Waals surface area contributed by atoms with Crippen LogP contribution in [-0.4, -0.2) is 50.9 Å². The molecule has 0 radical (unpaired) electrons. The van der Waals surface area contributed by atoms with Crippen LogP contribution >= 0.6 is 0 Å². The van der Waals surface area contributed by atoms with E-state index in [-0.39, 0.29) is 16.8 Å². The second-order valence-electron chi connectivity index (χ2n) is 5.62. The first-order valence-corrected chi connectivity index (χ1v) is 8.63. The Morgan fingerprint density at radius 3 is 2.50 bits per heavy atom. The molecule has 0 spiro atoms. The molecule has 1 amide bonds. The molecular formula is C15H22N2O4S. The first-order chi connectivity index (χ1) is 10.3. The Balaban J connectivity index is 2.26. The van der Waals surface area contributed by atoms with Crippen molar-refractivity contribution in [3.05, 3.63) is 29.8 Å². The molecule has 2 rings (SSSR count). The van der Waals surface area contributed by atoms with Crippen LogP contribution in [0.5, 0.6) is 0 Å². The monoisotopic (exact) mass is 326 g/mol. The fourth-order valence-corrected chi connectivity index (χ4v) is 3.34. The number of nitrogens with zero attached hydrogens (tertiary/aromatic N) is 2. The van der Waals surface area contributed by atoms with Gasteiger partial charge in [0.15, 0.2) is 0 Å². The molecule has 0 aliphatic heterocycles. The van der Waals surface area contributed by atoms with Gasteiger partial charge in [-0.25, -0.2) is 8.42 Å². The predicted octanol–water partition coefficient (Wildman–Crippen LogP) is 1.74. The van der Waals surface area contributed by atoms with Crippen LogP contribution in [0.2, 0.25) is 0 Å². The average molecular weight is 326 g/mol. The second-order valence-corrected chi connectivity index (χ2v) is 7.56. The van der Waals surface area contributed by atoms with Gasteiger partial charge in [-0.2, -0.15) is 0 Å². The van der Waals surface area contributed by atoms with Gasteiger partial charge in [0, 0.05) is 25.7 Å². The third kappa shape index (κ3) is 3.31. The lowest BCUT2D eigenvalue weighted by atomic mass is 10.1. The number of hydroxylamine groups is 1. The summed E-state index contributed by atoms with van der Waals surface area (Å²) < 4.78 is 25.2. The Labute approximate surface area is 131 Å². The van der Waals surface area contributed by atoms with Gasteiger partial charge in [-0.05, 0) is 43.9 Å². The lowest BCUT2D eigenvalue weighted by molar-refractivity contribution is -0.0258. The highest BCUT2D eigenvalue weighted by Crippen LogP contribution is 2.35. The minimum Gasteiger partial charge on any atom is -0.339 e. The highest BCUT2D eigenvalue weighted by Gasteiger charge is 2.33. The third-order valence-electron chi connectivity index (χ3n) is 4.21. The van der Waals surface area contributed by atoms with Crippen LogP contribution < -0.4 is 0 Å². The fourth-order valence-electron chi connectivity index (χ4n) is 2.32. The number of benzene rings is 1. The van der Waals surface area contributed by atoms with Gasteiger partial charge in [0.1, 0.15) is 0 Å². The molecule has 1 fully saturated rings. The first-order valence-electron chi connectivity index (χ1n) is 7.19. The Morgan fingerprint density at radius 2 is 1.95 bits per heavy atom. The number of hydrogen-bond donors (Lipinski definition) is 0. The molecule has 0 heterocycles. The Bertz CT molecular complexity index is 655. The van der Waals surface area contributed by atoms with Gasteiger partial charge in [-0.15, -0.1) is 0 Å². The Kier molecular flexibility index (Phi) is 4.89. The van der Waals surface area contributed by atoms with Crippen molar-refractivity contribution in [2.24, 2.45) is 5.92 Å². The first kappa shape index (κ1) is 16.9. The topological polar surface area (TPSA) is 66.9 Å². The maximum atomic E-state index is 12.5. The van der Waals surface area contributed by atoms with Crippen molar-refractivity contribution >= 4 is 15.9 Å². The molecular weight excluding hydrogens is 304 g/mol. The number of rotatable bonds is 6. The summed E-state index contributed by atoms with van der Waals surface area (Å²) >= 11 is 0. The van der Waals surface area contributed by atoms with Crippen molar-refractivity contribution in [3.8, 4) is 0 Å². The predicted molar refractivity (Wildman–Crippen MR) is 82.7 cm³/mol. The number of sulfonamides is 1. The van der Waals surface area contributed by atoms with Crippen molar-refractivity contribution in [2.45, 2.75) is 30.7 Å². The van der Waals surface area contributed by atoms with E-state index in [1.165, 1.54) is 26.3 Å². The highest BCUT2D eigenvalue weighted by molar-refractivity contribution is 7.89. The fraction of sp³-hybridized carbons (Fsp3) is 0.533. The van der Waals surface area contributed by atoms with Gasteiger partial charge < -0.3 is 4.90 Å². The van der Waals surface area contributed by atoms with E-state index >= 15 is 0 Å². The zero-order chi connectivity index (χ0) is 16.5. The van der Waals surface area contributed by atoms with Crippen LogP contribution in [0.1, 0.15) is 30.1 Å². The molecule has 22 heavy (non-hydrogen) atoms. The molecule has 122 valence electrons. The summed E-state index contributed by atoms with van der Waals surface area (Å²) in [5.74, 6) is 0.386. The van der Waals surface area contributed by atoms with Crippen molar-refractivity contribution in [1.82, 2.24) is 9.37 Å². The van der Waals surface area contributed by atoms with E-state index in [4.69, 9.17) is 4.84 Å². The molecule has 0 N–H and O–H groups in total. The SMILES string of the molecule is CON(C)S(=O)(=O)c1cccc(C(=O)N(C)C(C)C2CC2)c1. The minimum absolute atomic E-state index is 0.0372. The van der Waals surface area contributed by atoms with E-state index in [2.05, 4.69) is 0 Å². The van der Waals surface area contributed by atoms with Crippen LogP contribution in [0.3, 0.4) is 0 Å². The van der Waals surface area contributed by atoms with Crippen LogP contribution in [0, 0.1) is 5.92 Å². The number of carbonyl (C=O) groups excluding carboxylic acids is 1. The summed E-state index contributed by atoms with van der Waals surface area (Å²) in [6.45, 7) is 2.02. The molecule has 1 saturated carbocycles. The van der Waals surface area contributed by atoms with Crippen molar-refractivity contribution < 1.29 is 18.0 Å². The maximum absolute atomic E-state index is 12.5. The Morgan fingerprint density at radius 1 is 1.32 bits per heavy atom. The van der Waals surface area contributed by atoms with E-state index < -0.39 is 10.0 Å².